The number of esters is 1. The number of hydrogen-bond acceptors (Lipinski definition) is 5. The summed E-state index contributed by atoms with van der Waals surface area (Å²) in [6, 6.07) is 6.93. The molecule has 1 aromatic carbocycles. The van der Waals surface area contributed by atoms with Crippen LogP contribution in [0.4, 0.5) is 5.69 Å². The zero-order chi connectivity index (χ0) is 14.1. The van der Waals surface area contributed by atoms with Gasteiger partial charge in [-0.05, 0) is 44.0 Å². The van der Waals surface area contributed by atoms with Crippen molar-refractivity contribution < 1.29 is 19.0 Å². The van der Waals surface area contributed by atoms with Crippen LogP contribution in [0.25, 0.3) is 0 Å². The molecule has 19 heavy (non-hydrogen) atoms. The predicted molar refractivity (Wildman–Crippen MR) is 73.0 cm³/mol. The van der Waals surface area contributed by atoms with Crippen LogP contribution in [0.15, 0.2) is 24.3 Å². The normalized spacial score (nSPS) is 11.9. The highest BCUT2D eigenvalue weighted by atomic mass is 16.6. The van der Waals surface area contributed by atoms with Gasteiger partial charge in [-0.2, -0.15) is 0 Å². The third-order valence-electron chi connectivity index (χ3n) is 2.52. The van der Waals surface area contributed by atoms with E-state index in [0.29, 0.717) is 31.1 Å². The number of rotatable bonds is 8. The van der Waals surface area contributed by atoms with Crippen molar-refractivity contribution in [3.8, 4) is 5.75 Å². The molecule has 0 aliphatic carbocycles. The van der Waals surface area contributed by atoms with Crippen LogP contribution >= 0.6 is 0 Å². The van der Waals surface area contributed by atoms with E-state index < -0.39 is 6.10 Å². The molecule has 1 rings (SSSR count). The number of ether oxygens (including phenoxy) is 3. The molecule has 0 spiro atoms. The molecule has 5 nitrogen and oxygen atoms in total. The van der Waals surface area contributed by atoms with Crippen molar-refractivity contribution in [2.45, 2.75) is 25.9 Å². The number of anilines is 1. The second-order valence-corrected chi connectivity index (χ2v) is 4.06. The average molecular weight is 267 g/mol. The highest BCUT2D eigenvalue weighted by Gasteiger charge is 2.21. The molecule has 106 valence electrons. The second kappa shape index (κ2) is 8.37. The van der Waals surface area contributed by atoms with Crippen molar-refractivity contribution in [2.24, 2.45) is 0 Å². The van der Waals surface area contributed by atoms with Gasteiger partial charge in [0.1, 0.15) is 5.75 Å². The van der Waals surface area contributed by atoms with E-state index in [0.717, 1.165) is 6.42 Å². The smallest absolute Gasteiger partial charge is 0.347 e. The van der Waals surface area contributed by atoms with Gasteiger partial charge in [0.05, 0.1) is 6.61 Å². The largest absolute Gasteiger partial charge is 0.479 e. The van der Waals surface area contributed by atoms with E-state index in [1.165, 1.54) is 0 Å². The Morgan fingerprint density at radius 1 is 1.32 bits per heavy atom. The van der Waals surface area contributed by atoms with Crippen molar-refractivity contribution >= 4 is 11.7 Å². The fraction of sp³-hybridized carbons (Fsp3) is 0.500. The van der Waals surface area contributed by atoms with Crippen LogP contribution in [0.2, 0.25) is 0 Å². The molecule has 0 saturated heterocycles. The van der Waals surface area contributed by atoms with E-state index in [9.17, 15) is 4.79 Å². The summed E-state index contributed by atoms with van der Waals surface area (Å²) in [5.74, 6) is 0.250. The van der Waals surface area contributed by atoms with Crippen LogP contribution in [-0.4, -0.2) is 32.4 Å². The van der Waals surface area contributed by atoms with Crippen molar-refractivity contribution in [3.05, 3.63) is 24.3 Å². The van der Waals surface area contributed by atoms with Crippen LogP contribution in [0, 0.1) is 0 Å². The van der Waals surface area contributed by atoms with Gasteiger partial charge < -0.3 is 19.9 Å². The first-order valence-corrected chi connectivity index (χ1v) is 6.35. The Hall–Kier alpha value is -1.75. The molecule has 5 heteroatoms. The molecule has 0 aliphatic heterocycles. The van der Waals surface area contributed by atoms with Crippen molar-refractivity contribution in [2.75, 3.05) is 26.1 Å². The summed E-state index contributed by atoms with van der Waals surface area (Å²) in [6.07, 6.45) is 0.671. The van der Waals surface area contributed by atoms with Gasteiger partial charge in [-0.25, -0.2) is 4.79 Å². The molecule has 2 N–H and O–H groups in total. The zero-order valence-electron chi connectivity index (χ0n) is 11.4. The lowest BCUT2D eigenvalue weighted by atomic mass is 10.2. The van der Waals surface area contributed by atoms with Gasteiger partial charge in [-0.15, -0.1) is 0 Å². The summed E-state index contributed by atoms with van der Waals surface area (Å²) in [6.45, 7) is 2.69. The molecule has 1 unspecified atom stereocenters. The molecule has 0 radical (unpaired) electrons. The van der Waals surface area contributed by atoms with Crippen LogP contribution in [0.5, 0.6) is 5.75 Å². The van der Waals surface area contributed by atoms with Gasteiger partial charge >= 0.3 is 5.97 Å². The number of nitrogens with two attached hydrogens (primary N) is 1. The maximum absolute atomic E-state index is 11.8. The van der Waals surface area contributed by atoms with E-state index in [1.807, 2.05) is 0 Å². The van der Waals surface area contributed by atoms with Gasteiger partial charge in [-0.3, -0.25) is 0 Å². The molecule has 0 saturated carbocycles. The molecule has 0 aromatic heterocycles. The van der Waals surface area contributed by atoms with Gasteiger partial charge in [0.2, 0.25) is 0 Å². The molecular weight excluding hydrogens is 246 g/mol. The van der Waals surface area contributed by atoms with Crippen LogP contribution < -0.4 is 10.5 Å². The monoisotopic (exact) mass is 267 g/mol. The molecule has 0 fully saturated rings. The summed E-state index contributed by atoms with van der Waals surface area (Å²) in [4.78, 5) is 11.8. The molecule has 1 atom stereocenters. The molecule has 0 bridgehead atoms. The van der Waals surface area contributed by atoms with Gasteiger partial charge in [-0.1, -0.05) is 0 Å². The Balaban J connectivity index is 2.61. The highest BCUT2D eigenvalue weighted by molar-refractivity contribution is 5.75. The third kappa shape index (κ3) is 5.61. The quantitative estimate of drug-likeness (QED) is 0.443. The number of methoxy groups -OCH3 is 1. The Labute approximate surface area is 113 Å². The first-order valence-electron chi connectivity index (χ1n) is 6.35. The van der Waals surface area contributed by atoms with E-state index in [1.54, 1.807) is 38.3 Å². The summed E-state index contributed by atoms with van der Waals surface area (Å²) < 4.78 is 15.6. The van der Waals surface area contributed by atoms with Gasteiger partial charge in [0.15, 0.2) is 6.10 Å². The average Bonchev–Trinajstić information content (AvgIpc) is 2.40. The van der Waals surface area contributed by atoms with E-state index in [4.69, 9.17) is 19.9 Å². The summed E-state index contributed by atoms with van der Waals surface area (Å²) in [5, 5.41) is 0. The Kier molecular flexibility index (Phi) is 6.74. The highest BCUT2D eigenvalue weighted by Crippen LogP contribution is 2.17. The zero-order valence-corrected chi connectivity index (χ0v) is 11.4. The lowest BCUT2D eigenvalue weighted by molar-refractivity contribution is -0.151. The summed E-state index contributed by atoms with van der Waals surface area (Å²) in [7, 11) is 1.63. The minimum Gasteiger partial charge on any atom is -0.479 e. The minimum absolute atomic E-state index is 0.338. The molecule has 1 aromatic rings. The molecule has 0 heterocycles. The Bertz CT molecular complexity index is 378. The predicted octanol–water partition coefficient (Wildman–Crippen LogP) is 2.01. The van der Waals surface area contributed by atoms with E-state index in [2.05, 4.69) is 0 Å². The van der Waals surface area contributed by atoms with Crippen LogP contribution in [0.3, 0.4) is 0 Å². The summed E-state index contributed by atoms with van der Waals surface area (Å²) in [5.41, 5.74) is 6.25. The second-order valence-electron chi connectivity index (χ2n) is 4.06. The van der Waals surface area contributed by atoms with Crippen molar-refractivity contribution in [1.29, 1.82) is 0 Å². The maximum atomic E-state index is 11.8. The first-order chi connectivity index (χ1) is 9.17. The lowest BCUT2D eigenvalue weighted by Crippen LogP contribution is -2.29. The Morgan fingerprint density at radius 3 is 2.58 bits per heavy atom. The van der Waals surface area contributed by atoms with Crippen molar-refractivity contribution in [3.63, 3.8) is 0 Å². The number of hydrogen-bond donors (Lipinski definition) is 1. The Morgan fingerprint density at radius 2 is 2.00 bits per heavy atom. The SMILES string of the molecule is CCOC(=O)C(CCCOC)Oc1ccc(N)cc1. The molecular formula is C14H21NO4. The van der Waals surface area contributed by atoms with Crippen LogP contribution in [0.1, 0.15) is 19.8 Å². The van der Waals surface area contributed by atoms with Crippen LogP contribution in [-0.2, 0) is 14.3 Å². The number of nitrogen functional groups attached to an aromatic ring is 1. The van der Waals surface area contributed by atoms with E-state index in [-0.39, 0.29) is 5.97 Å². The van der Waals surface area contributed by atoms with Gasteiger partial charge in [0, 0.05) is 19.4 Å². The fourth-order valence-corrected chi connectivity index (χ4v) is 1.58. The number of benzene rings is 1. The molecule has 0 amide bonds. The standard InChI is InChI=1S/C14H21NO4/c1-3-18-14(16)13(5-4-10-17-2)19-12-8-6-11(15)7-9-12/h6-9,13H,3-5,10,15H2,1-2H3. The minimum atomic E-state index is -0.612. The molecule has 0 aliphatic rings. The van der Waals surface area contributed by atoms with Gasteiger partial charge in [0.25, 0.3) is 0 Å². The maximum Gasteiger partial charge on any atom is 0.347 e. The number of carbonyl (C=O) groups excluding carboxylic acids is 1. The van der Waals surface area contributed by atoms with Crippen molar-refractivity contribution in [1.82, 2.24) is 0 Å². The third-order valence-corrected chi connectivity index (χ3v) is 2.52. The fourth-order valence-electron chi connectivity index (χ4n) is 1.58. The lowest BCUT2D eigenvalue weighted by Gasteiger charge is -2.17. The van der Waals surface area contributed by atoms with E-state index >= 15 is 0 Å². The first kappa shape index (κ1) is 15.3. The summed E-state index contributed by atoms with van der Waals surface area (Å²) >= 11 is 0. The topological polar surface area (TPSA) is 70.8 Å². The number of carbonyl (C=O) groups is 1.